The quantitative estimate of drug-likeness (QED) is 0.886. The fraction of sp³-hybridized carbons (Fsp3) is 0.429. The minimum absolute atomic E-state index is 0.191. The number of hydrogen-bond acceptors (Lipinski definition) is 5. The smallest absolute Gasteiger partial charge is 0.287 e. The lowest BCUT2D eigenvalue weighted by atomic mass is 10.2. The van der Waals surface area contributed by atoms with Crippen molar-refractivity contribution < 1.29 is 0 Å². The highest BCUT2D eigenvalue weighted by molar-refractivity contribution is 7.08. The summed E-state index contributed by atoms with van der Waals surface area (Å²) in [5.74, 6) is 0. The summed E-state index contributed by atoms with van der Waals surface area (Å²) < 4.78 is 1.39. The Labute approximate surface area is 133 Å². The van der Waals surface area contributed by atoms with Gasteiger partial charge in [-0.05, 0) is 42.9 Å². The second kappa shape index (κ2) is 7.06. The molecular formula is C14H19ClN4OS. The third kappa shape index (κ3) is 4.06. The van der Waals surface area contributed by atoms with E-state index in [2.05, 4.69) is 28.1 Å². The average Bonchev–Trinajstić information content (AvgIpc) is 2.85. The van der Waals surface area contributed by atoms with Gasteiger partial charge in [-0.25, -0.2) is 4.68 Å². The molecule has 114 valence electrons. The Morgan fingerprint density at radius 1 is 1.43 bits per heavy atom. The van der Waals surface area contributed by atoms with Crippen molar-refractivity contribution in [3.63, 3.8) is 0 Å². The van der Waals surface area contributed by atoms with Crippen molar-refractivity contribution in [2.24, 2.45) is 0 Å². The summed E-state index contributed by atoms with van der Waals surface area (Å²) in [6.45, 7) is 3.96. The zero-order chi connectivity index (χ0) is 15.4. The molecule has 0 saturated heterocycles. The van der Waals surface area contributed by atoms with Crippen LogP contribution in [0.25, 0.3) is 0 Å². The lowest BCUT2D eigenvalue weighted by Crippen LogP contribution is -2.29. The third-order valence-corrected chi connectivity index (χ3v) is 4.45. The first-order chi connectivity index (χ1) is 9.99. The summed E-state index contributed by atoms with van der Waals surface area (Å²) in [6.07, 6.45) is 1.61. The molecule has 0 fully saturated rings. The molecule has 0 radical (unpaired) electrons. The lowest BCUT2D eigenvalue weighted by molar-refractivity contribution is 0.367. The zero-order valence-corrected chi connectivity index (χ0v) is 14.0. The summed E-state index contributed by atoms with van der Waals surface area (Å²) in [5, 5.41) is 11.7. The molecule has 1 N–H and O–H groups in total. The standard InChI is InChI=1S/C14H19ClN4OS/c1-10-8-21-9-11(10)6-16-12-7-17-19(5-4-18(2)3)14(20)13(12)15/h7-9,16H,4-6H2,1-3H3. The van der Waals surface area contributed by atoms with Crippen molar-refractivity contribution in [2.75, 3.05) is 26.0 Å². The fourth-order valence-electron chi connectivity index (χ4n) is 1.80. The summed E-state index contributed by atoms with van der Waals surface area (Å²) >= 11 is 7.81. The van der Waals surface area contributed by atoms with Crippen LogP contribution < -0.4 is 10.9 Å². The van der Waals surface area contributed by atoms with Crippen molar-refractivity contribution >= 4 is 28.6 Å². The van der Waals surface area contributed by atoms with Gasteiger partial charge in [-0.15, -0.1) is 0 Å². The first-order valence-electron chi connectivity index (χ1n) is 6.65. The van der Waals surface area contributed by atoms with E-state index in [0.717, 1.165) is 6.54 Å². The number of aryl methyl sites for hydroxylation is 1. The Bertz CT molecular complexity index is 665. The lowest BCUT2D eigenvalue weighted by Gasteiger charge is -2.12. The van der Waals surface area contributed by atoms with Crippen LogP contribution in [0.15, 0.2) is 21.8 Å². The number of nitrogens with zero attached hydrogens (tertiary/aromatic N) is 3. The second-order valence-corrected chi connectivity index (χ2v) is 6.26. The van der Waals surface area contributed by atoms with Crippen LogP contribution in [0.4, 0.5) is 5.69 Å². The molecule has 0 spiro atoms. The van der Waals surface area contributed by atoms with Gasteiger partial charge in [-0.2, -0.15) is 16.4 Å². The number of rotatable bonds is 6. The number of aromatic nitrogens is 2. The van der Waals surface area contributed by atoms with Crippen LogP contribution in [0.3, 0.4) is 0 Å². The van der Waals surface area contributed by atoms with Gasteiger partial charge >= 0.3 is 0 Å². The number of hydrogen-bond donors (Lipinski definition) is 1. The van der Waals surface area contributed by atoms with Crippen LogP contribution in [0.2, 0.25) is 5.02 Å². The monoisotopic (exact) mass is 326 g/mol. The van der Waals surface area contributed by atoms with Crippen molar-refractivity contribution in [3.8, 4) is 0 Å². The van der Waals surface area contributed by atoms with Gasteiger partial charge in [0.15, 0.2) is 0 Å². The molecule has 7 heteroatoms. The van der Waals surface area contributed by atoms with Gasteiger partial charge in [0.2, 0.25) is 0 Å². The van der Waals surface area contributed by atoms with E-state index in [1.165, 1.54) is 15.8 Å². The van der Waals surface area contributed by atoms with E-state index in [1.54, 1.807) is 17.5 Å². The van der Waals surface area contributed by atoms with Gasteiger partial charge in [0, 0.05) is 13.1 Å². The molecule has 0 aliphatic rings. The Kier molecular flexibility index (Phi) is 5.39. The molecule has 0 aliphatic carbocycles. The highest BCUT2D eigenvalue weighted by atomic mass is 35.5. The van der Waals surface area contributed by atoms with E-state index in [0.29, 0.717) is 18.8 Å². The predicted octanol–water partition coefficient (Wildman–Crippen LogP) is 2.44. The maximum absolute atomic E-state index is 12.1. The van der Waals surface area contributed by atoms with Crippen LogP contribution in [0, 0.1) is 6.92 Å². The van der Waals surface area contributed by atoms with E-state index in [4.69, 9.17) is 11.6 Å². The molecule has 0 atom stereocenters. The van der Waals surface area contributed by atoms with Gasteiger partial charge in [0.25, 0.3) is 5.56 Å². The fourth-order valence-corrected chi connectivity index (χ4v) is 2.87. The van der Waals surface area contributed by atoms with Crippen LogP contribution in [-0.2, 0) is 13.1 Å². The Hall–Kier alpha value is -1.37. The van der Waals surface area contributed by atoms with Gasteiger partial charge in [0.1, 0.15) is 5.02 Å². The summed E-state index contributed by atoms with van der Waals surface area (Å²) in [7, 11) is 3.90. The highest BCUT2D eigenvalue weighted by Gasteiger charge is 2.10. The van der Waals surface area contributed by atoms with Crippen LogP contribution in [0.5, 0.6) is 0 Å². The van der Waals surface area contributed by atoms with Crippen LogP contribution in [0.1, 0.15) is 11.1 Å². The maximum atomic E-state index is 12.1. The van der Waals surface area contributed by atoms with Gasteiger partial charge in [0.05, 0.1) is 18.4 Å². The Balaban J connectivity index is 2.09. The topological polar surface area (TPSA) is 50.2 Å². The number of nitrogens with one attached hydrogen (secondary N) is 1. The van der Waals surface area contributed by atoms with E-state index in [1.807, 2.05) is 19.0 Å². The normalized spacial score (nSPS) is 11.1. The first-order valence-corrected chi connectivity index (χ1v) is 7.97. The molecule has 2 aromatic rings. The second-order valence-electron chi connectivity index (χ2n) is 5.14. The zero-order valence-electron chi connectivity index (χ0n) is 12.4. The molecule has 5 nitrogen and oxygen atoms in total. The van der Waals surface area contributed by atoms with E-state index >= 15 is 0 Å². The molecule has 2 aromatic heterocycles. The Morgan fingerprint density at radius 2 is 2.19 bits per heavy atom. The van der Waals surface area contributed by atoms with Crippen molar-refractivity contribution in [1.82, 2.24) is 14.7 Å². The molecule has 0 amide bonds. The summed E-state index contributed by atoms with van der Waals surface area (Å²) in [5.41, 5.74) is 2.75. The number of anilines is 1. The minimum atomic E-state index is -0.259. The van der Waals surface area contributed by atoms with Crippen molar-refractivity contribution in [1.29, 1.82) is 0 Å². The molecular weight excluding hydrogens is 308 g/mol. The molecule has 2 rings (SSSR count). The predicted molar refractivity (Wildman–Crippen MR) is 88.4 cm³/mol. The molecule has 0 saturated carbocycles. The number of thiophene rings is 1. The van der Waals surface area contributed by atoms with Crippen LogP contribution in [-0.4, -0.2) is 35.3 Å². The SMILES string of the molecule is Cc1cscc1CNc1cnn(CCN(C)C)c(=O)c1Cl. The van der Waals surface area contributed by atoms with Crippen molar-refractivity contribution in [2.45, 2.75) is 20.0 Å². The third-order valence-electron chi connectivity index (χ3n) is 3.17. The maximum Gasteiger partial charge on any atom is 0.287 e. The largest absolute Gasteiger partial charge is 0.378 e. The molecule has 2 heterocycles. The first kappa shape index (κ1) is 16.0. The molecule has 0 aliphatic heterocycles. The molecule has 0 bridgehead atoms. The van der Waals surface area contributed by atoms with E-state index in [-0.39, 0.29) is 10.6 Å². The summed E-state index contributed by atoms with van der Waals surface area (Å²) in [6, 6.07) is 0. The summed E-state index contributed by atoms with van der Waals surface area (Å²) in [4.78, 5) is 14.1. The van der Waals surface area contributed by atoms with Gasteiger partial charge in [-0.3, -0.25) is 4.79 Å². The number of halogens is 1. The molecule has 21 heavy (non-hydrogen) atoms. The minimum Gasteiger partial charge on any atom is -0.378 e. The van der Waals surface area contributed by atoms with Crippen LogP contribution >= 0.6 is 22.9 Å². The number of likely N-dealkylation sites (N-methyl/N-ethyl adjacent to an activating group) is 1. The van der Waals surface area contributed by atoms with Crippen molar-refractivity contribution in [3.05, 3.63) is 43.5 Å². The van der Waals surface area contributed by atoms with E-state index < -0.39 is 0 Å². The molecule has 0 aromatic carbocycles. The van der Waals surface area contributed by atoms with Gasteiger partial charge in [-0.1, -0.05) is 11.6 Å². The molecule has 0 unspecified atom stereocenters. The average molecular weight is 327 g/mol. The highest BCUT2D eigenvalue weighted by Crippen LogP contribution is 2.19. The van der Waals surface area contributed by atoms with Gasteiger partial charge < -0.3 is 10.2 Å². The Morgan fingerprint density at radius 3 is 2.81 bits per heavy atom. The van der Waals surface area contributed by atoms with E-state index in [9.17, 15) is 4.79 Å².